The monoisotopic (exact) mass is 338 g/mol. The zero-order chi connectivity index (χ0) is 18.6. The largest absolute Gasteiger partial charge is 0.508 e. The van der Waals surface area contributed by atoms with Gasteiger partial charge in [0.25, 0.3) is 0 Å². The maximum Gasteiger partial charge on any atom is 0.170 e. The molecule has 0 amide bonds. The molecule has 4 heteroatoms. The van der Waals surface area contributed by atoms with Crippen molar-refractivity contribution in [2.75, 3.05) is 0 Å². The normalized spacial score (nSPS) is 11.4. The predicted molar refractivity (Wildman–Crippen MR) is 104 cm³/mol. The molecule has 4 nitrogen and oxygen atoms in total. The van der Waals surface area contributed by atoms with E-state index < -0.39 is 0 Å². The zero-order valence-corrected chi connectivity index (χ0v) is 15.3. The lowest BCUT2D eigenvalue weighted by molar-refractivity contribution is 0.318. The number of aryl methyl sites for hydroxylation is 1. The topological polar surface area (TPSA) is 78.8 Å². The number of nitrogens with two attached hydrogens (primary N) is 1. The van der Waals surface area contributed by atoms with E-state index in [4.69, 9.17) is 5.73 Å². The SMILES string of the molecule is CCCc1cc(/C(N)=N/O)c(C(C)=C(C)C)c(-c2ccc(O)cc2)c1. The van der Waals surface area contributed by atoms with E-state index >= 15 is 0 Å². The second-order valence-corrected chi connectivity index (χ2v) is 6.47. The lowest BCUT2D eigenvalue weighted by Gasteiger charge is -2.19. The van der Waals surface area contributed by atoms with Crippen LogP contribution in [-0.2, 0) is 6.42 Å². The Kier molecular flexibility index (Phi) is 5.86. The van der Waals surface area contributed by atoms with Gasteiger partial charge in [0.05, 0.1) is 0 Å². The van der Waals surface area contributed by atoms with Gasteiger partial charge in [0.2, 0.25) is 0 Å². The van der Waals surface area contributed by atoms with Crippen LogP contribution >= 0.6 is 0 Å². The minimum atomic E-state index is 0.105. The van der Waals surface area contributed by atoms with Gasteiger partial charge in [0.15, 0.2) is 5.84 Å². The van der Waals surface area contributed by atoms with Gasteiger partial charge in [-0.3, -0.25) is 0 Å². The Morgan fingerprint density at radius 3 is 2.24 bits per heavy atom. The first kappa shape index (κ1) is 18.6. The summed E-state index contributed by atoms with van der Waals surface area (Å²) in [4.78, 5) is 0. The van der Waals surface area contributed by atoms with E-state index in [0.717, 1.165) is 51.8 Å². The van der Waals surface area contributed by atoms with Crippen molar-refractivity contribution in [2.24, 2.45) is 10.9 Å². The standard InChI is InChI=1S/C21H26N2O2/c1-5-6-15-11-18(16-7-9-17(24)10-8-16)20(14(4)13(2)3)19(12-15)21(22)23-25/h7-12,24-25H,5-6H2,1-4H3,(H2,22,23). The lowest BCUT2D eigenvalue weighted by Crippen LogP contribution is -2.16. The number of amidine groups is 1. The highest BCUT2D eigenvalue weighted by molar-refractivity contribution is 6.04. The highest BCUT2D eigenvalue weighted by atomic mass is 16.4. The zero-order valence-electron chi connectivity index (χ0n) is 15.3. The number of oxime groups is 1. The number of phenols is 1. The van der Waals surface area contributed by atoms with Crippen LogP contribution in [0.4, 0.5) is 0 Å². The van der Waals surface area contributed by atoms with E-state index in [1.165, 1.54) is 0 Å². The molecule has 0 aliphatic heterocycles. The van der Waals surface area contributed by atoms with Crippen molar-refractivity contribution in [1.29, 1.82) is 0 Å². The minimum Gasteiger partial charge on any atom is -0.508 e. The van der Waals surface area contributed by atoms with Crippen LogP contribution in [0.3, 0.4) is 0 Å². The quantitative estimate of drug-likeness (QED) is 0.313. The van der Waals surface area contributed by atoms with E-state index in [2.05, 4.69) is 18.1 Å². The molecule has 0 atom stereocenters. The average molecular weight is 338 g/mol. The van der Waals surface area contributed by atoms with Crippen molar-refractivity contribution in [2.45, 2.75) is 40.5 Å². The van der Waals surface area contributed by atoms with Crippen LogP contribution in [0.2, 0.25) is 0 Å². The maximum absolute atomic E-state index is 9.61. The van der Waals surface area contributed by atoms with E-state index in [1.807, 2.05) is 39.0 Å². The minimum absolute atomic E-state index is 0.105. The molecular formula is C21H26N2O2. The Hall–Kier alpha value is -2.75. The van der Waals surface area contributed by atoms with Crippen LogP contribution in [-0.4, -0.2) is 16.1 Å². The van der Waals surface area contributed by atoms with Crippen LogP contribution < -0.4 is 5.73 Å². The molecule has 25 heavy (non-hydrogen) atoms. The molecule has 0 aliphatic carbocycles. The van der Waals surface area contributed by atoms with Crippen molar-refractivity contribution in [3.63, 3.8) is 0 Å². The summed E-state index contributed by atoms with van der Waals surface area (Å²) in [5.74, 6) is 0.333. The van der Waals surface area contributed by atoms with Crippen LogP contribution in [0.1, 0.15) is 50.8 Å². The smallest absolute Gasteiger partial charge is 0.170 e. The number of benzene rings is 2. The first-order valence-corrected chi connectivity index (χ1v) is 8.47. The highest BCUT2D eigenvalue weighted by Gasteiger charge is 2.17. The van der Waals surface area contributed by atoms with Gasteiger partial charge in [0.1, 0.15) is 5.75 Å². The summed E-state index contributed by atoms with van der Waals surface area (Å²) in [5.41, 5.74) is 13.1. The highest BCUT2D eigenvalue weighted by Crippen LogP contribution is 2.35. The van der Waals surface area contributed by atoms with Crippen LogP contribution in [0.5, 0.6) is 5.75 Å². The van der Waals surface area contributed by atoms with Gasteiger partial charge in [-0.25, -0.2) is 0 Å². The number of hydrogen-bond donors (Lipinski definition) is 3. The van der Waals surface area contributed by atoms with Gasteiger partial charge >= 0.3 is 0 Å². The van der Waals surface area contributed by atoms with Gasteiger partial charge in [-0.2, -0.15) is 0 Å². The van der Waals surface area contributed by atoms with Crippen molar-refractivity contribution >= 4 is 11.4 Å². The van der Waals surface area contributed by atoms with Gasteiger partial charge in [-0.15, -0.1) is 0 Å². The Morgan fingerprint density at radius 1 is 1.08 bits per heavy atom. The maximum atomic E-state index is 9.61. The number of nitrogens with zero attached hydrogens (tertiary/aromatic N) is 1. The van der Waals surface area contributed by atoms with Crippen molar-refractivity contribution < 1.29 is 10.3 Å². The summed E-state index contributed by atoms with van der Waals surface area (Å²) in [5, 5.41) is 22.1. The first-order chi connectivity index (χ1) is 11.9. The van der Waals surface area contributed by atoms with E-state index in [0.29, 0.717) is 0 Å². The van der Waals surface area contributed by atoms with Gasteiger partial charge in [-0.1, -0.05) is 42.3 Å². The fourth-order valence-corrected chi connectivity index (χ4v) is 2.91. The summed E-state index contributed by atoms with van der Waals surface area (Å²) >= 11 is 0. The molecule has 4 N–H and O–H groups in total. The van der Waals surface area contributed by atoms with Crippen LogP contribution in [0, 0.1) is 0 Å². The summed E-state index contributed by atoms with van der Waals surface area (Å²) in [6, 6.07) is 11.3. The van der Waals surface area contributed by atoms with E-state index in [9.17, 15) is 10.3 Å². The fraction of sp³-hybridized carbons (Fsp3) is 0.286. The first-order valence-electron chi connectivity index (χ1n) is 8.47. The van der Waals surface area contributed by atoms with Gasteiger partial charge in [0, 0.05) is 5.56 Å². The fourth-order valence-electron chi connectivity index (χ4n) is 2.91. The molecule has 2 aromatic rings. The molecule has 0 fully saturated rings. The van der Waals surface area contributed by atoms with Crippen LogP contribution in [0.25, 0.3) is 16.7 Å². The molecule has 0 aromatic heterocycles. The molecule has 0 radical (unpaired) electrons. The van der Waals surface area contributed by atoms with Gasteiger partial charge in [-0.05, 0) is 73.2 Å². The molecule has 0 saturated heterocycles. The summed E-state index contributed by atoms with van der Waals surface area (Å²) < 4.78 is 0. The van der Waals surface area contributed by atoms with Crippen molar-refractivity contribution in [3.8, 4) is 16.9 Å². The molecular weight excluding hydrogens is 312 g/mol. The molecule has 2 aromatic carbocycles. The second-order valence-electron chi connectivity index (χ2n) is 6.47. The molecule has 2 rings (SSSR count). The number of rotatable bonds is 5. The van der Waals surface area contributed by atoms with Crippen LogP contribution in [0.15, 0.2) is 47.1 Å². The Bertz CT molecular complexity index is 815. The molecule has 0 heterocycles. The molecule has 0 unspecified atom stereocenters. The number of allylic oxidation sites excluding steroid dienone is 2. The number of aromatic hydroxyl groups is 1. The van der Waals surface area contributed by atoms with Gasteiger partial charge < -0.3 is 16.0 Å². The van der Waals surface area contributed by atoms with Crippen molar-refractivity contribution in [1.82, 2.24) is 0 Å². The van der Waals surface area contributed by atoms with E-state index in [-0.39, 0.29) is 11.6 Å². The van der Waals surface area contributed by atoms with E-state index in [1.54, 1.807) is 12.1 Å². The molecule has 0 spiro atoms. The molecule has 0 bridgehead atoms. The summed E-state index contributed by atoms with van der Waals surface area (Å²) in [6.45, 7) is 8.26. The summed E-state index contributed by atoms with van der Waals surface area (Å²) in [6.07, 6.45) is 1.91. The third-order valence-corrected chi connectivity index (χ3v) is 4.42. The molecule has 0 aliphatic rings. The third kappa shape index (κ3) is 4.02. The number of phenolic OH excluding ortho intramolecular Hbond substituents is 1. The second kappa shape index (κ2) is 7.88. The predicted octanol–water partition coefficient (Wildman–Crippen LogP) is 4.92. The number of hydrogen-bond acceptors (Lipinski definition) is 3. The third-order valence-electron chi connectivity index (χ3n) is 4.42. The average Bonchev–Trinajstić information content (AvgIpc) is 2.60. The molecule has 132 valence electrons. The Balaban J connectivity index is 2.88. The Morgan fingerprint density at radius 2 is 1.72 bits per heavy atom. The Labute approximate surface area is 149 Å². The van der Waals surface area contributed by atoms with Crippen molar-refractivity contribution in [3.05, 3.63) is 58.7 Å². The molecule has 0 saturated carbocycles. The summed E-state index contributed by atoms with van der Waals surface area (Å²) in [7, 11) is 0. The lowest BCUT2D eigenvalue weighted by atomic mass is 9.86.